The molecule has 158 valence electrons. The van der Waals surface area contributed by atoms with Crippen LogP contribution < -0.4 is 0 Å². The van der Waals surface area contributed by atoms with Gasteiger partial charge in [0.25, 0.3) is 0 Å². The number of phenols is 1. The van der Waals surface area contributed by atoms with Crippen LogP contribution in [0, 0.1) is 6.92 Å². The Labute approximate surface area is 180 Å². The molecule has 5 aromatic rings. The predicted octanol–water partition coefficient (Wildman–Crippen LogP) is 4.18. The highest BCUT2D eigenvalue weighted by atomic mass is 16.4. The van der Waals surface area contributed by atoms with Crippen LogP contribution in [0.1, 0.15) is 26.3 Å². The van der Waals surface area contributed by atoms with Crippen LogP contribution in [-0.2, 0) is 0 Å². The lowest BCUT2D eigenvalue weighted by atomic mass is 10.0. The van der Waals surface area contributed by atoms with Crippen molar-refractivity contribution in [2.24, 2.45) is 0 Å². The zero-order valence-corrected chi connectivity index (χ0v) is 16.7. The molecule has 0 radical (unpaired) electrons. The van der Waals surface area contributed by atoms with Gasteiger partial charge < -0.3 is 25.3 Å². The molecule has 0 saturated carbocycles. The van der Waals surface area contributed by atoms with E-state index in [4.69, 9.17) is 0 Å². The number of benzene rings is 3. The van der Waals surface area contributed by atoms with Crippen LogP contribution in [0.2, 0.25) is 0 Å². The Morgan fingerprint density at radius 1 is 0.781 bits per heavy atom. The van der Waals surface area contributed by atoms with Crippen molar-refractivity contribution in [3.63, 3.8) is 0 Å². The summed E-state index contributed by atoms with van der Waals surface area (Å²) in [5.74, 6) is -1.71. The number of H-pyrrole nitrogens is 2. The molecule has 0 atom stereocenters. The van der Waals surface area contributed by atoms with E-state index < -0.39 is 11.9 Å². The summed E-state index contributed by atoms with van der Waals surface area (Å²) in [6, 6.07) is 13.0. The van der Waals surface area contributed by atoms with E-state index in [1.54, 1.807) is 36.4 Å². The minimum atomic E-state index is -1.10. The molecule has 0 saturated heterocycles. The maximum atomic E-state index is 11.5. The first-order valence-electron chi connectivity index (χ1n) is 9.62. The summed E-state index contributed by atoms with van der Waals surface area (Å²) < 4.78 is 0. The number of aromatic carboxylic acids is 2. The molecule has 0 aliphatic heterocycles. The van der Waals surface area contributed by atoms with Crippen molar-refractivity contribution in [1.29, 1.82) is 0 Å². The molecule has 9 heteroatoms. The standard InChI is InChI=1S/C23H16N4O5/c1-10-8-13(20-24-15-6-2-4-11(22(29)30)17(15)26-20)19(28)14(9-10)21-25-16-7-3-5-12(23(31)32)18(16)27-21/h2-9,28H,1H3,(H,24,26)(H,25,27)(H,29,30)(H,31,32). The molecular formula is C23H16N4O5. The summed E-state index contributed by atoms with van der Waals surface area (Å²) in [6.45, 7) is 1.84. The van der Waals surface area contributed by atoms with E-state index in [9.17, 15) is 24.9 Å². The number of phenolic OH excluding ortho intramolecular Hbond substituents is 1. The van der Waals surface area contributed by atoms with Crippen molar-refractivity contribution in [2.45, 2.75) is 6.92 Å². The summed E-state index contributed by atoms with van der Waals surface area (Å²) in [5.41, 5.74) is 3.25. The molecule has 32 heavy (non-hydrogen) atoms. The van der Waals surface area contributed by atoms with Crippen LogP contribution >= 0.6 is 0 Å². The van der Waals surface area contributed by atoms with Gasteiger partial charge in [0.1, 0.15) is 28.4 Å². The van der Waals surface area contributed by atoms with Gasteiger partial charge in [0.2, 0.25) is 0 Å². The van der Waals surface area contributed by atoms with Gasteiger partial charge in [0, 0.05) is 0 Å². The van der Waals surface area contributed by atoms with Gasteiger partial charge in [-0.25, -0.2) is 19.6 Å². The summed E-state index contributed by atoms with van der Waals surface area (Å²) in [5, 5.41) is 29.9. The molecule has 9 nitrogen and oxygen atoms in total. The molecule has 5 rings (SSSR count). The zero-order chi connectivity index (χ0) is 22.6. The van der Waals surface area contributed by atoms with Gasteiger partial charge >= 0.3 is 11.9 Å². The number of fused-ring (bicyclic) bond motifs is 2. The van der Waals surface area contributed by atoms with E-state index in [0.29, 0.717) is 33.8 Å². The number of carboxylic acid groups (broad SMARTS) is 2. The van der Waals surface area contributed by atoms with Crippen molar-refractivity contribution in [1.82, 2.24) is 19.9 Å². The number of carbonyl (C=O) groups is 2. The van der Waals surface area contributed by atoms with Crippen molar-refractivity contribution < 1.29 is 24.9 Å². The van der Waals surface area contributed by atoms with E-state index in [1.807, 2.05) is 6.92 Å². The average Bonchev–Trinajstić information content (AvgIpc) is 3.38. The molecule has 0 spiro atoms. The molecule has 2 heterocycles. The van der Waals surface area contributed by atoms with Crippen molar-refractivity contribution in [2.75, 3.05) is 0 Å². The Balaban J connectivity index is 1.71. The Bertz CT molecular complexity index is 1450. The number of para-hydroxylation sites is 2. The number of aromatic hydroxyl groups is 1. The number of nitrogens with zero attached hydrogens (tertiary/aromatic N) is 2. The summed E-state index contributed by atoms with van der Waals surface area (Å²) in [7, 11) is 0. The highest BCUT2D eigenvalue weighted by Crippen LogP contribution is 2.38. The molecular weight excluding hydrogens is 412 g/mol. The van der Waals surface area contributed by atoms with Crippen LogP contribution in [0.5, 0.6) is 5.75 Å². The Hall–Kier alpha value is -4.66. The van der Waals surface area contributed by atoms with Crippen LogP contribution in [0.25, 0.3) is 44.8 Å². The largest absolute Gasteiger partial charge is 0.506 e. The highest BCUT2D eigenvalue weighted by Gasteiger charge is 2.20. The number of hydrogen-bond donors (Lipinski definition) is 5. The molecule has 0 fully saturated rings. The van der Waals surface area contributed by atoms with E-state index in [-0.39, 0.29) is 27.9 Å². The van der Waals surface area contributed by atoms with E-state index in [0.717, 1.165) is 5.56 Å². The smallest absolute Gasteiger partial charge is 0.337 e. The fourth-order valence-electron chi connectivity index (χ4n) is 3.80. The lowest BCUT2D eigenvalue weighted by Gasteiger charge is -2.08. The molecule has 2 aromatic heterocycles. The molecule has 3 aromatic carbocycles. The third-order valence-electron chi connectivity index (χ3n) is 5.25. The molecule has 0 bridgehead atoms. The second-order valence-corrected chi connectivity index (χ2v) is 7.39. The van der Waals surface area contributed by atoms with Crippen molar-refractivity contribution in [3.8, 4) is 28.5 Å². The fraction of sp³-hybridized carbons (Fsp3) is 0.0435. The topological polar surface area (TPSA) is 152 Å². The van der Waals surface area contributed by atoms with Gasteiger partial charge in [-0.05, 0) is 48.9 Å². The Morgan fingerprint density at radius 2 is 1.22 bits per heavy atom. The first-order chi connectivity index (χ1) is 15.3. The van der Waals surface area contributed by atoms with Gasteiger partial charge in [-0.3, -0.25) is 0 Å². The average molecular weight is 428 g/mol. The predicted molar refractivity (Wildman–Crippen MR) is 117 cm³/mol. The summed E-state index contributed by atoms with van der Waals surface area (Å²) in [6.07, 6.45) is 0. The summed E-state index contributed by atoms with van der Waals surface area (Å²) in [4.78, 5) is 38.0. The third kappa shape index (κ3) is 2.95. The molecule has 0 amide bonds. The van der Waals surface area contributed by atoms with Gasteiger partial charge in [0.15, 0.2) is 0 Å². The third-order valence-corrected chi connectivity index (χ3v) is 5.25. The highest BCUT2D eigenvalue weighted by molar-refractivity contribution is 6.03. The van der Waals surface area contributed by atoms with E-state index in [2.05, 4.69) is 19.9 Å². The molecule has 5 N–H and O–H groups in total. The number of hydrogen-bond acceptors (Lipinski definition) is 5. The monoisotopic (exact) mass is 428 g/mol. The number of aryl methyl sites for hydroxylation is 1. The molecule has 0 aliphatic rings. The number of aromatic nitrogens is 4. The van der Waals surface area contributed by atoms with E-state index in [1.165, 1.54) is 12.1 Å². The maximum absolute atomic E-state index is 11.5. The fourth-order valence-corrected chi connectivity index (χ4v) is 3.80. The quantitative estimate of drug-likeness (QED) is 0.288. The van der Waals surface area contributed by atoms with Crippen LogP contribution in [0.3, 0.4) is 0 Å². The molecule has 0 aliphatic carbocycles. The van der Waals surface area contributed by atoms with Gasteiger partial charge in [-0.2, -0.15) is 0 Å². The number of imidazole rings is 2. The summed E-state index contributed by atoms with van der Waals surface area (Å²) >= 11 is 0. The van der Waals surface area contributed by atoms with Crippen LogP contribution in [-0.4, -0.2) is 47.2 Å². The SMILES string of the molecule is Cc1cc(-c2nc3c(C(=O)O)cccc3[nH]2)c(O)c(-c2nc3c(C(=O)O)cccc3[nH]2)c1. The normalized spacial score (nSPS) is 11.3. The number of rotatable bonds is 4. The second kappa shape index (κ2) is 6.95. The number of carboxylic acids is 2. The first-order valence-corrected chi connectivity index (χ1v) is 9.62. The van der Waals surface area contributed by atoms with Gasteiger partial charge in [-0.1, -0.05) is 12.1 Å². The lowest BCUT2D eigenvalue weighted by molar-refractivity contribution is 0.0688. The minimum absolute atomic E-state index is 0.0517. The molecule has 0 unspecified atom stereocenters. The number of aromatic amines is 2. The van der Waals surface area contributed by atoms with Crippen molar-refractivity contribution in [3.05, 3.63) is 65.2 Å². The Kier molecular flexibility index (Phi) is 4.19. The van der Waals surface area contributed by atoms with Crippen LogP contribution in [0.15, 0.2) is 48.5 Å². The van der Waals surface area contributed by atoms with E-state index >= 15 is 0 Å². The van der Waals surface area contributed by atoms with Crippen molar-refractivity contribution >= 4 is 34.0 Å². The lowest BCUT2D eigenvalue weighted by Crippen LogP contribution is -1.96. The number of nitrogens with one attached hydrogen (secondary N) is 2. The zero-order valence-electron chi connectivity index (χ0n) is 16.7. The first kappa shape index (κ1) is 19.3. The minimum Gasteiger partial charge on any atom is -0.506 e. The Morgan fingerprint density at radius 3 is 1.62 bits per heavy atom. The second-order valence-electron chi connectivity index (χ2n) is 7.39. The maximum Gasteiger partial charge on any atom is 0.337 e. The van der Waals surface area contributed by atoms with Gasteiger partial charge in [-0.15, -0.1) is 0 Å². The van der Waals surface area contributed by atoms with Gasteiger partial charge in [0.05, 0.1) is 33.3 Å². The van der Waals surface area contributed by atoms with Crippen LogP contribution in [0.4, 0.5) is 0 Å².